The molecule has 0 spiro atoms. The molecule has 0 N–H and O–H groups in total. The predicted molar refractivity (Wildman–Crippen MR) is 217 cm³/mol. The largest absolute Gasteiger partial charge is 0.280 e. The molecule has 3 aromatic heterocycles. The van der Waals surface area contributed by atoms with Gasteiger partial charge in [-0.05, 0) is 48.5 Å². The van der Waals surface area contributed by atoms with Crippen LogP contribution in [0.15, 0.2) is 170 Å². The molecular weight excluding hydrogens is 669 g/mol. The smallest absolute Gasteiger partial charge is 0.220 e. The van der Waals surface area contributed by atoms with Crippen molar-refractivity contribution in [1.29, 1.82) is 0 Å². The van der Waals surface area contributed by atoms with Gasteiger partial charge in [-0.25, -0.2) is 19.9 Å². The lowest BCUT2D eigenvalue weighted by atomic mass is 10.0. The van der Waals surface area contributed by atoms with E-state index in [1.165, 1.54) is 9.40 Å². The molecule has 1 aliphatic rings. The van der Waals surface area contributed by atoms with E-state index in [4.69, 9.17) is 19.9 Å². The van der Waals surface area contributed by atoms with Crippen LogP contribution >= 0.6 is 11.3 Å². The maximum atomic E-state index is 5.31. The van der Waals surface area contributed by atoms with Crippen molar-refractivity contribution in [2.45, 2.75) is 0 Å². The predicted octanol–water partition coefficient (Wildman–Crippen LogP) is 12.0. The molecule has 7 heteroatoms. The molecule has 10 aromatic rings. The zero-order chi connectivity index (χ0) is 34.9. The molecule has 7 aromatic carbocycles. The van der Waals surface area contributed by atoms with Gasteiger partial charge in [0, 0.05) is 53.7 Å². The van der Waals surface area contributed by atoms with E-state index >= 15 is 0 Å². The molecule has 6 nitrogen and oxygen atoms in total. The molecular formula is C46H28N6S. The van der Waals surface area contributed by atoms with Crippen LogP contribution in [0.3, 0.4) is 0 Å². The van der Waals surface area contributed by atoms with Gasteiger partial charge in [0.05, 0.1) is 22.4 Å². The second-order valence-electron chi connectivity index (χ2n) is 13.1. The molecule has 0 bridgehead atoms. The SMILES string of the molecule is c1ccc(-c2nc(-c3ccccc3)nc(-c3cccc4sc5ccc(N6c7ccccc7-c7ccccc7-n7c6nc6ccccc67)cc5c34)n2)cc1. The van der Waals surface area contributed by atoms with Gasteiger partial charge in [-0.2, -0.15) is 0 Å². The van der Waals surface area contributed by atoms with Crippen molar-refractivity contribution in [3.05, 3.63) is 170 Å². The number of aromatic nitrogens is 5. The van der Waals surface area contributed by atoms with Crippen LogP contribution in [-0.2, 0) is 0 Å². The number of anilines is 3. The summed E-state index contributed by atoms with van der Waals surface area (Å²) >= 11 is 1.79. The van der Waals surface area contributed by atoms with E-state index in [0.29, 0.717) is 17.5 Å². The van der Waals surface area contributed by atoms with Crippen molar-refractivity contribution >= 4 is 59.9 Å². The molecule has 11 rings (SSSR count). The number of nitrogens with zero attached hydrogens (tertiary/aromatic N) is 6. The van der Waals surface area contributed by atoms with Crippen LogP contribution in [0.1, 0.15) is 0 Å². The summed E-state index contributed by atoms with van der Waals surface area (Å²) < 4.78 is 4.66. The van der Waals surface area contributed by atoms with Gasteiger partial charge < -0.3 is 0 Å². The molecule has 0 radical (unpaired) electrons. The van der Waals surface area contributed by atoms with Gasteiger partial charge in [0.25, 0.3) is 0 Å². The maximum absolute atomic E-state index is 5.31. The molecule has 0 atom stereocenters. The Kier molecular flexibility index (Phi) is 6.62. The summed E-state index contributed by atoms with van der Waals surface area (Å²) in [7, 11) is 0. The van der Waals surface area contributed by atoms with Gasteiger partial charge in [0.1, 0.15) is 0 Å². The van der Waals surface area contributed by atoms with E-state index in [2.05, 4.69) is 119 Å². The number of hydrogen-bond acceptors (Lipinski definition) is 6. The van der Waals surface area contributed by atoms with Gasteiger partial charge in [-0.1, -0.05) is 121 Å². The summed E-state index contributed by atoms with van der Waals surface area (Å²) in [5.74, 6) is 2.78. The molecule has 0 aliphatic carbocycles. The van der Waals surface area contributed by atoms with E-state index in [9.17, 15) is 0 Å². The summed E-state index contributed by atoms with van der Waals surface area (Å²) in [4.78, 5) is 22.8. The first-order chi connectivity index (χ1) is 26.3. The van der Waals surface area contributed by atoms with E-state index in [1.54, 1.807) is 11.3 Å². The maximum Gasteiger partial charge on any atom is 0.220 e. The van der Waals surface area contributed by atoms with Crippen LogP contribution in [-0.4, -0.2) is 24.5 Å². The molecule has 1 aliphatic heterocycles. The summed E-state index contributed by atoms with van der Waals surface area (Å²) in [6, 6.07) is 59.1. The molecule has 0 amide bonds. The standard InChI is InChI=1S/C46H28N6S/c1-3-14-29(15-4-1)43-48-44(30-16-5-2-6-17-30)50-45(49-43)34-20-13-25-41-42(34)35-28-31(26-27-40(35)53-41)51-37-22-10-7-18-32(37)33-19-8-11-23-38(33)52-39-24-12-9-21-36(39)47-46(51)52/h1-28H. The lowest BCUT2D eigenvalue weighted by molar-refractivity contribution is 1.05. The van der Waals surface area contributed by atoms with Gasteiger partial charge in [0.15, 0.2) is 17.5 Å². The Labute approximate surface area is 309 Å². The minimum Gasteiger partial charge on any atom is -0.280 e. The molecule has 4 heterocycles. The van der Waals surface area contributed by atoms with Crippen LogP contribution in [0.4, 0.5) is 17.3 Å². The summed E-state index contributed by atoms with van der Waals surface area (Å²) in [5, 5.41) is 2.27. The number of benzene rings is 7. The highest BCUT2D eigenvalue weighted by atomic mass is 32.1. The normalized spacial score (nSPS) is 12.1. The molecule has 0 saturated carbocycles. The number of rotatable bonds is 4. The third-order valence-corrected chi connectivity index (χ3v) is 11.1. The summed E-state index contributed by atoms with van der Waals surface area (Å²) in [6.07, 6.45) is 0. The highest BCUT2D eigenvalue weighted by Crippen LogP contribution is 2.49. The highest BCUT2D eigenvalue weighted by Gasteiger charge is 2.29. The molecule has 0 saturated heterocycles. The molecule has 0 unspecified atom stereocenters. The average molecular weight is 697 g/mol. The number of imidazole rings is 1. The van der Waals surface area contributed by atoms with Crippen LogP contribution in [0.5, 0.6) is 0 Å². The minimum absolute atomic E-state index is 0.644. The van der Waals surface area contributed by atoms with E-state index < -0.39 is 0 Å². The topological polar surface area (TPSA) is 59.7 Å². The Morgan fingerprint density at radius 2 is 1.04 bits per heavy atom. The van der Waals surface area contributed by atoms with Crippen molar-refractivity contribution in [2.75, 3.05) is 4.90 Å². The fourth-order valence-electron chi connectivity index (χ4n) is 7.63. The van der Waals surface area contributed by atoms with Crippen LogP contribution in [0.2, 0.25) is 0 Å². The van der Waals surface area contributed by atoms with Gasteiger partial charge in [0.2, 0.25) is 5.95 Å². The lowest BCUT2D eigenvalue weighted by Gasteiger charge is -2.24. The highest BCUT2D eigenvalue weighted by molar-refractivity contribution is 7.26. The van der Waals surface area contributed by atoms with Crippen molar-refractivity contribution in [3.63, 3.8) is 0 Å². The van der Waals surface area contributed by atoms with Crippen molar-refractivity contribution in [3.8, 4) is 51.0 Å². The first-order valence-corrected chi connectivity index (χ1v) is 18.4. The average Bonchev–Trinajstić information content (AvgIpc) is 3.77. The number of thiophene rings is 1. The van der Waals surface area contributed by atoms with Crippen molar-refractivity contribution in [2.24, 2.45) is 0 Å². The van der Waals surface area contributed by atoms with Gasteiger partial charge in [-0.3, -0.25) is 9.47 Å². The Morgan fingerprint density at radius 3 is 1.79 bits per heavy atom. The van der Waals surface area contributed by atoms with Crippen LogP contribution < -0.4 is 4.90 Å². The molecule has 0 fully saturated rings. The van der Waals surface area contributed by atoms with Crippen LogP contribution in [0.25, 0.3) is 82.2 Å². The summed E-state index contributed by atoms with van der Waals surface area (Å²) in [6.45, 7) is 0. The Balaban J connectivity index is 1.17. The van der Waals surface area contributed by atoms with Gasteiger partial charge in [-0.15, -0.1) is 11.3 Å². The van der Waals surface area contributed by atoms with E-state index in [0.717, 1.165) is 72.6 Å². The molecule has 248 valence electrons. The number of fused-ring (bicyclic) bond motifs is 10. The first-order valence-electron chi connectivity index (χ1n) is 17.6. The zero-order valence-corrected chi connectivity index (χ0v) is 29.1. The zero-order valence-electron chi connectivity index (χ0n) is 28.3. The number of hydrogen-bond donors (Lipinski definition) is 0. The quantitative estimate of drug-likeness (QED) is 0.183. The van der Waals surface area contributed by atoms with Crippen molar-refractivity contribution in [1.82, 2.24) is 24.5 Å². The third kappa shape index (κ3) is 4.71. The Bertz CT molecular complexity index is 2960. The van der Waals surface area contributed by atoms with Crippen molar-refractivity contribution < 1.29 is 0 Å². The lowest BCUT2D eigenvalue weighted by Crippen LogP contribution is -2.14. The summed E-state index contributed by atoms with van der Waals surface area (Å²) in [5.41, 5.74) is 10.4. The van der Waals surface area contributed by atoms with E-state index in [1.807, 2.05) is 60.7 Å². The fraction of sp³-hybridized carbons (Fsp3) is 0. The molecule has 53 heavy (non-hydrogen) atoms. The second kappa shape index (κ2) is 11.8. The monoisotopic (exact) mass is 696 g/mol. The second-order valence-corrected chi connectivity index (χ2v) is 14.2. The Hall–Kier alpha value is -6.96. The minimum atomic E-state index is 0.644. The van der Waals surface area contributed by atoms with Crippen LogP contribution in [0, 0.1) is 0 Å². The third-order valence-electron chi connectivity index (χ3n) is 10.0. The fourth-order valence-corrected chi connectivity index (χ4v) is 8.74. The first kappa shape index (κ1) is 29.7. The number of para-hydroxylation sites is 4. The van der Waals surface area contributed by atoms with E-state index in [-0.39, 0.29) is 0 Å². The Morgan fingerprint density at radius 1 is 0.434 bits per heavy atom. The van der Waals surface area contributed by atoms with Gasteiger partial charge >= 0.3 is 0 Å².